The van der Waals surface area contributed by atoms with E-state index in [0.29, 0.717) is 53.8 Å². The molecule has 1 aromatic heterocycles. The topological polar surface area (TPSA) is 138 Å². The average Bonchev–Trinajstić information content (AvgIpc) is 3.84. The smallest absolute Gasteiger partial charge is 0.248 e. The quantitative estimate of drug-likeness (QED) is 0.271. The van der Waals surface area contributed by atoms with Gasteiger partial charge in [0.05, 0.1) is 6.42 Å². The Balaban J connectivity index is 1.02. The van der Waals surface area contributed by atoms with Gasteiger partial charge in [-0.2, -0.15) is 0 Å². The molecule has 0 unspecified atom stereocenters. The van der Waals surface area contributed by atoms with E-state index in [1.807, 2.05) is 30.3 Å². The summed E-state index contributed by atoms with van der Waals surface area (Å²) in [4.78, 5) is 53.8. The van der Waals surface area contributed by atoms with E-state index in [9.17, 15) is 19.2 Å². The first-order valence-corrected chi connectivity index (χ1v) is 15.6. The average molecular weight is 621 g/mol. The zero-order valence-electron chi connectivity index (χ0n) is 25.6. The minimum atomic E-state index is -0.501. The van der Waals surface area contributed by atoms with Gasteiger partial charge in [0.1, 0.15) is 6.04 Å². The molecule has 2 atom stereocenters. The van der Waals surface area contributed by atoms with Crippen molar-refractivity contribution in [1.29, 1.82) is 0 Å². The Morgan fingerprint density at radius 3 is 1.98 bits per heavy atom. The summed E-state index contributed by atoms with van der Waals surface area (Å²) < 4.78 is 5.91. The molecule has 2 aliphatic heterocycles. The molecule has 2 fully saturated rings. The standard InChI is InChI=1S/C35H36N6O5/c1-23(42)40-19-5-9-29(40)22-31(43)36-27-15-11-25(12-16-27)34-38-39-35(46-34)26-13-17-28(18-14-26)37-33(45)30-10-6-20-41(30)32(44)21-24-7-3-2-4-8-24/h2-4,7-8,11-18,29-30H,5-6,9-10,19-22H2,1H3,(H,36,43)(H,37,45)/t29-,30-/m0/s1. The van der Waals surface area contributed by atoms with Gasteiger partial charge in [0.25, 0.3) is 0 Å². The predicted molar refractivity (Wildman–Crippen MR) is 172 cm³/mol. The molecule has 3 aromatic carbocycles. The van der Waals surface area contributed by atoms with E-state index >= 15 is 0 Å². The molecule has 11 nitrogen and oxygen atoms in total. The fraction of sp³-hybridized carbons (Fsp3) is 0.314. The molecule has 6 rings (SSSR count). The molecule has 0 bridgehead atoms. The van der Waals surface area contributed by atoms with Crippen molar-refractivity contribution < 1.29 is 23.6 Å². The molecule has 0 radical (unpaired) electrons. The molecule has 0 spiro atoms. The van der Waals surface area contributed by atoms with E-state index in [1.54, 1.807) is 58.3 Å². The summed E-state index contributed by atoms with van der Waals surface area (Å²) >= 11 is 0. The number of amides is 4. The van der Waals surface area contributed by atoms with Crippen LogP contribution in [-0.4, -0.2) is 68.8 Å². The van der Waals surface area contributed by atoms with Crippen molar-refractivity contribution in [3.8, 4) is 22.9 Å². The monoisotopic (exact) mass is 620 g/mol. The second-order valence-electron chi connectivity index (χ2n) is 11.7. The van der Waals surface area contributed by atoms with Gasteiger partial charge in [0.15, 0.2) is 0 Å². The molecule has 0 saturated carbocycles. The summed E-state index contributed by atoms with van der Waals surface area (Å²) in [5.41, 5.74) is 3.56. The summed E-state index contributed by atoms with van der Waals surface area (Å²) in [7, 11) is 0. The van der Waals surface area contributed by atoms with Gasteiger partial charge in [0, 0.05) is 55.0 Å². The summed E-state index contributed by atoms with van der Waals surface area (Å²) in [6, 6.07) is 23.2. The summed E-state index contributed by atoms with van der Waals surface area (Å²) in [6.45, 7) is 2.81. The zero-order valence-corrected chi connectivity index (χ0v) is 25.6. The normalized spacial score (nSPS) is 17.6. The maximum absolute atomic E-state index is 13.1. The van der Waals surface area contributed by atoms with Crippen molar-refractivity contribution >= 4 is 35.0 Å². The first-order valence-electron chi connectivity index (χ1n) is 15.6. The zero-order chi connectivity index (χ0) is 32.0. The Morgan fingerprint density at radius 2 is 1.35 bits per heavy atom. The number of likely N-dealkylation sites (tertiary alicyclic amines) is 2. The van der Waals surface area contributed by atoms with Crippen LogP contribution in [0.5, 0.6) is 0 Å². The van der Waals surface area contributed by atoms with Gasteiger partial charge in [-0.05, 0) is 79.8 Å². The van der Waals surface area contributed by atoms with Crippen molar-refractivity contribution in [2.75, 3.05) is 23.7 Å². The van der Waals surface area contributed by atoms with Gasteiger partial charge in [-0.15, -0.1) is 10.2 Å². The molecule has 3 heterocycles. The van der Waals surface area contributed by atoms with Gasteiger partial charge in [-0.25, -0.2) is 0 Å². The van der Waals surface area contributed by atoms with Crippen LogP contribution in [0.1, 0.15) is 44.6 Å². The third kappa shape index (κ3) is 7.14. The van der Waals surface area contributed by atoms with Crippen LogP contribution in [0.3, 0.4) is 0 Å². The van der Waals surface area contributed by atoms with Crippen molar-refractivity contribution in [3.63, 3.8) is 0 Å². The second-order valence-corrected chi connectivity index (χ2v) is 11.7. The number of hydrogen-bond acceptors (Lipinski definition) is 7. The molecular formula is C35H36N6O5. The van der Waals surface area contributed by atoms with Crippen LogP contribution >= 0.6 is 0 Å². The first-order chi connectivity index (χ1) is 22.3. The number of anilines is 2. The third-order valence-electron chi connectivity index (χ3n) is 8.52. The molecule has 2 aliphatic rings. The molecule has 46 heavy (non-hydrogen) atoms. The van der Waals surface area contributed by atoms with Crippen molar-refractivity contribution in [1.82, 2.24) is 20.0 Å². The largest absolute Gasteiger partial charge is 0.416 e. The summed E-state index contributed by atoms with van der Waals surface area (Å²) in [6.07, 6.45) is 3.70. The lowest BCUT2D eigenvalue weighted by Gasteiger charge is -2.24. The molecule has 2 saturated heterocycles. The minimum absolute atomic E-state index is 0.00104. The molecule has 11 heteroatoms. The van der Waals surface area contributed by atoms with Crippen molar-refractivity contribution in [2.24, 2.45) is 0 Å². The lowest BCUT2D eigenvalue weighted by molar-refractivity contribution is -0.136. The van der Waals surface area contributed by atoms with E-state index in [2.05, 4.69) is 20.8 Å². The number of carbonyl (C=O) groups excluding carboxylic acids is 4. The van der Waals surface area contributed by atoms with Gasteiger partial charge >= 0.3 is 0 Å². The van der Waals surface area contributed by atoms with Crippen LogP contribution < -0.4 is 10.6 Å². The van der Waals surface area contributed by atoms with Crippen LogP contribution in [0, 0.1) is 0 Å². The van der Waals surface area contributed by atoms with Gasteiger partial charge in [-0.1, -0.05) is 30.3 Å². The fourth-order valence-electron chi connectivity index (χ4n) is 6.17. The maximum Gasteiger partial charge on any atom is 0.248 e. The van der Waals surface area contributed by atoms with E-state index in [-0.39, 0.29) is 42.5 Å². The first kappa shape index (κ1) is 30.7. The van der Waals surface area contributed by atoms with E-state index < -0.39 is 6.04 Å². The number of rotatable bonds is 9. The molecule has 2 N–H and O–H groups in total. The van der Waals surface area contributed by atoms with Crippen LogP contribution in [0.15, 0.2) is 83.3 Å². The van der Waals surface area contributed by atoms with E-state index in [0.717, 1.165) is 24.8 Å². The molecule has 236 valence electrons. The molecule has 4 amide bonds. The minimum Gasteiger partial charge on any atom is -0.416 e. The predicted octanol–water partition coefficient (Wildman–Crippen LogP) is 4.92. The lowest BCUT2D eigenvalue weighted by atomic mass is 10.1. The molecule has 0 aliphatic carbocycles. The van der Waals surface area contributed by atoms with Crippen LogP contribution in [0.2, 0.25) is 0 Å². The number of nitrogens with zero attached hydrogens (tertiary/aromatic N) is 4. The van der Waals surface area contributed by atoms with Crippen molar-refractivity contribution in [3.05, 3.63) is 84.4 Å². The van der Waals surface area contributed by atoms with Gasteiger partial charge < -0.3 is 24.9 Å². The summed E-state index contributed by atoms with van der Waals surface area (Å²) in [5.74, 6) is 0.263. The number of nitrogens with one attached hydrogen (secondary N) is 2. The number of carbonyl (C=O) groups is 4. The van der Waals surface area contributed by atoms with Gasteiger partial charge in [-0.3, -0.25) is 19.2 Å². The van der Waals surface area contributed by atoms with Gasteiger partial charge in [0.2, 0.25) is 35.4 Å². The number of benzene rings is 3. The Morgan fingerprint density at radius 1 is 0.761 bits per heavy atom. The number of aromatic nitrogens is 2. The van der Waals surface area contributed by atoms with E-state index in [4.69, 9.17) is 4.42 Å². The maximum atomic E-state index is 13.1. The van der Waals surface area contributed by atoms with Crippen molar-refractivity contribution in [2.45, 2.75) is 57.5 Å². The highest BCUT2D eigenvalue weighted by atomic mass is 16.4. The number of hydrogen-bond donors (Lipinski definition) is 2. The Labute approximate surface area is 267 Å². The lowest BCUT2D eigenvalue weighted by Crippen LogP contribution is -2.43. The third-order valence-corrected chi connectivity index (χ3v) is 8.52. The second kappa shape index (κ2) is 13.8. The molecular weight excluding hydrogens is 584 g/mol. The highest BCUT2D eigenvalue weighted by Gasteiger charge is 2.34. The van der Waals surface area contributed by atoms with Crippen LogP contribution in [0.4, 0.5) is 11.4 Å². The SMILES string of the molecule is CC(=O)N1CCC[C@H]1CC(=O)Nc1ccc(-c2nnc(-c3ccc(NC(=O)[C@@H]4CCCN4C(=O)Cc4ccccc4)cc3)o2)cc1. The summed E-state index contributed by atoms with van der Waals surface area (Å²) in [5, 5.41) is 14.2. The Hall–Kier alpha value is -5.32. The highest BCUT2D eigenvalue weighted by molar-refractivity contribution is 5.98. The highest BCUT2D eigenvalue weighted by Crippen LogP contribution is 2.27. The fourth-order valence-corrected chi connectivity index (χ4v) is 6.17. The Bertz CT molecular complexity index is 1700. The molecule has 4 aromatic rings. The van der Waals surface area contributed by atoms with Crippen LogP contribution in [0.25, 0.3) is 22.9 Å². The Kier molecular flexibility index (Phi) is 9.18. The van der Waals surface area contributed by atoms with Crippen LogP contribution in [-0.2, 0) is 25.6 Å². The van der Waals surface area contributed by atoms with E-state index in [1.165, 1.54) is 6.92 Å².